The molecule has 0 unspecified atom stereocenters. The molecule has 0 fully saturated rings. The Morgan fingerprint density at radius 3 is 2.78 bits per heavy atom. The van der Waals surface area contributed by atoms with E-state index in [1.54, 1.807) is 0 Å². The SMILES string of the molecule is Cc1cccc(C(=O)N[C@@H]2CCCc3c2cnn3Cc2ccccc2)c1C. The number of benzene rings is 2. The number of nitrogens with zero attached hydrogens (tertiary/aromatic N) is 2. The number of carbonyl (C=O) groups is 1. The fraction of sp³-hybridized carbons (Fsp3) is 0.304. The molecule has 1 heterocycles. The van der Waals surface area contributed by atoms with E-state index in [1.807, 2.05) is 44.3 Å². The molecule has 0 saturated carbocycles. The number of hydrogen-bond donors (Lipinski definition) is 1. The Balaban J connectivity index is 1.55. The molecule has 2 aromatic carbocycles. The van der Waals surface area contributed by atoms with E-state index in [0.29, 0.717) is 0 Å². The van der Waals surface area contributed by atoms with Crippen molar-refractivity contribution in [1.29, 1.82) is 0 Å². The van der Waals surface area contributed by atoms with Gasteiger partial charge in [0.25, 0.3) is 5.91 Å². The van der Waals surface area contributed by atoms with Crippen molar-refractivity contribution in [2.75, 3.05) is 0 Å². The van der Waals surface area contributed by atoms with Gasteiger partial charge in [-0.2, -0.15) is 5.10 Å². The van der Waals surface area contributed by atoms with Crippen LogP contribution in [-0.2, 0) is 13.0 Å². The minimum atomic E-state index is 0.00450. The maximum absolute atomic E-state index is 12.9. The van der Waals surface area contributed by atoms with E-state index in [9.17, 15) is 4.79 Å². The van der Waals surface area contributed by atoms with Crippen molar-refractivity contribution in [3.05, 3.63) is 88.2 Å². The maximum atomic E-state index is 12.9. The van der Waals surface area contributed by atoms with Crippen molar-refractivity contribution in [2.24, 2.45) is 0 Å². The van der Waals surface area contributed by atoms with E-state index in [0.717, 1.165) is 48.1 Å². The Kier molecular flexibility index (Phi) is 4.80. The molecular weight excluding hydrogens is 334 g/mol. The predicted molar refractivity (Wildman–Crippen MR) is 107 cm³/mol. The number of nitrogens with one attached hydrogen (secondary N) is 1. The molecule has 0 radical (unpaired) electrons. The first-order valence-corrected chi connectivity index (χ1v) is 9.59. The van der Waals surface area contributed by atoms with Gasteiger partial charge in [-0.3, -0.25) is 9.48 Å². The molecule has 0 saturated heterocycles. The molecule has 4 heteroatoms. The Labute approximate surface area is 160 Å². The fourth-order valence-electron chi connectivity index (χ4n) is 3.89. The van der Waals surface area contributed by atoms with Gasteiger partial charge in [0.05, 0.1) is 18.8 Å². The Morgan fingerprint density at radius 1 is 1.15 bits per heavy atom. The maximum Gasteiger partial charge on any atom is 0.252 e. The summed E-state index contributed by atoms with van der Waals surface area (Å²) in [6, 6.07) is 16.3. The highest BCUT2D eigenvalue weighted by Crippen LogP contribution is 2.30. The minimum Gasteiger partial charge on any atom is -0.345 e. The van der Waals surface area contributed by atoms with E-state index in [1.165, 1.54) is 11.3 Å². The van der Waals surface area contributed by atoms with E-state index in [4.69, 9.17) is 0 Å². The second kappa shape index (κ2) is 7.39. The minimum absolute atomic E-state index is 0.00450. The molecule has 1 aliphatic rings. The standard InChI is InChI=1S/C23H25N3O/c1-16-8-6-11-19(17(16)2)23(27)25-21-12-7-13-22-20(21)14-24-26(22)15-18-9-4-3-5-10-18/h3-6,8-11,14,21H,7,12-13,15H2,1-2H3,(H,25,27)/t21-/m1/s1. The molecule has 1 amide bonds. The molecule has 3 aromatic rings. The second-order valence-electron chi connectivity index (χ2n) is 7.36. The third-order valence-electron chi connectivity index (χ3n) is 5.59. The Morgan fingerprint density at radius 2 is 1.96 bits per heavy atom. The van der Waals surface area contributed by atoms with Crippen LogP contribution in [0.4, 0.5) is 0 Å². The molecule has 1 N–H and O–H groups in total. The quantitative estimate of drug-likeness (QED) is 0.752. The van der Waals surface area contributed by atoms with E-state index < -0.39 is 0 Å². The molecule has 0 bridgehead atoms. The number of hydrogen-bond acceptors (Lipinski definition) is 2. The number of amides is 1. The predicted octanol–water partition coefficient (Wildman–Crippen LogP) is 4.36. The molecule has 27 heavy (non-hydrogen) atoms. The van der Waals surface area contributed by atoms with Crippen LogP contribution in [0.2, 0.25) is 0 Å². The average molecular weight is 359 g/mol. The van der Waals surface area contributed by atoms with Crippen LogP contribution >= 0.6 is 0 Å². The summed E-state index contributed by atoms with van der Waals surface area (Å²) in [6.45, 7) is 4.82. The number of aromatic nitrogens is 2. The largest absolute Gasteiger partial charge is 0.345 e. The number of rotatable bonds is 4. The Hall–Kier alpha value is -2.88. The van der Waals surface area contributed by atoms with Crippen LogP contribution in [0.1, 0.15) is 57.2 Å². The fourth-order valence-corrected chi connectivity index (χ4v) is 3.89. The summed E-state index contributed by atoms with van der Waals surface area (Å²) in [6.07, 6.45) is 4.97. The van der Waals surface area contributed by atoms with Crippen molar-refractivity contribution >= 4 is 5.91 Å². The van der Waals surface area contributed by atoms with Gasteiger partial charge in [-0.25, -0.2) is 0 Å². The molecule has 4 rings (SSSR count). The first-order chi connectivity index (χ1) is 13.1. The average Bonchev–Trinajstić information content (AvgIpc) is 3.09. The summed E-state index contributed by atoms with van der Waals surface area (Å²) in [4.78, 5) is 12.9. The molecular formula is C23H25N3O. The first kappa shape index (κ1) is 17.5. The van der Waals surface area contributed by atoms with Gasteiger partial charge in [0.15, 0.2) is 0 Å². The molecule has 1 aliphatic carbocycles. The van der Waals surface area contributed by atoms with Crippen LogP contribution in [0.15, 0.2) is 54.7 Å². The van der Waals surface area contributed by atoms with Crippen LogP contribution < -0.4 is 5.32 Å². The summed E-state index contributed by atoms with van der Waals surface area (Å²) in [5.41, 5.74) is 6.60. The lowest BCUT2D eigenvalue weighted by Gasteiger charge is -2.24. The van der Waals surface area contributed by atoms with Crippen molar-refractivity contribution in [1.82, 2.24) is 15.1 Å². The topological polar surface area (TPSA) is 46.9 Å². The molecule has 0 aliphatic heterocycles. The third kappa shape index (κ3) is 3.52. The summed E-state index contributed by atoms with van der Waals surface area (Å²) in [5, 5.41) is 7.86. The van der Waals surface area contributed by atoms with Gasteiger partial charge in [-0.05, 0) is 55.9 Å². The highest BCUT2D eigenvalue weighted by molar-refractivity contribution is 5.96. The zero-order valence-corrected chi connectivity index (χ0v) is 15.9. The summed E-state index contributed by atoms with van der Waals surface area (Å²) >= 11 is 0. The number of aryl methyl sites for hydroxylation is 1. The van der Waals surface area contributed by atoms with Crippen LogP contribution in [0.25, 0.3) is 0 Å². The van der Waals surface area contributed by atoms with E-state index in [-0.39, 0.29) is 11.9 Å². The lowest BCUT2D eigenvalue weighted by Crippen LogP contribution is -2.31. The first-order valence-electron chi connectivity index (χ1n) is 9.59. The monoisotopic (exact) mass is 359 g/mol. The van der Waals surface area contributed by atoms with Gasteiger partial charge in [0, 0.05) is 16.8 Å². The smallest absolute Gasteiger partial charge is 0.252 e. The van der Waals surface area contributed by atoms with Crippen molar-refractivity contribution in [3.63, 3.8) is 0 Å². The Bertz CT molecular complexity index is 959. The van der Waals surface area contributed by atoms with Crippen LogP contribution in [0.3, 0.4) is 0 Å². The van der Waals surface area contributed by atoms with Crippen molar-refractivity contribution in [3.8, 4) is 0 Å². The third-order valence-corrected chi connectivity index (χ3v) is 5.59. The molecule has 1 atom stereocenters. The van der Waals surface area contributed by atoms with E-state index in [2.05, 4.69) is 39.4 Å². The second-order valence-corrected chi connectivity index (χ2v) is 7.36. The van der Waals surface area contributed by atoms with Gasteiger partial charge >= 0.3 is 0 Å². The summed E-state index contributed by atoms with van der Waals surface area (Å²) in [7, 11) is 0. The van der Waals surface area contributed by atoms with Gasteiger partial charge in [0.1, 0.15) is 0 Å². The lowest BCUT2D eigenvalue weighted by molar-refractivity contribution is 0.0932. The summed E-state index contributed by atoms with van der Waals surface area (Å²) < 4.78 is 2.08. The van der Waals surface area contributed by atoms with Gasteiger partial charge in [-0.15, -0.1) is 0 Å². The number of carbonyl (C=O) groups excluding carboxylic acids is 1. The van der Waals surface area contributed by atoms with Gasteiger partial charge in [0.2, 0.25) is 0 Å². The van der Waals surface area contributed by atoms with Crippen LogP contribution in [-0.4, -0.2) is 15.7 Å². The highest BCUT2D eigenvalue weighted by Gasteiger charge is 2.26. The lowest BCUT2D eigenvalue weighted by atomic mass is 9.92. The van der Waals surface area contributed by atoms with Crippen molar-refractivity contribution < 1.29 is 4.79 Å². The van der Waals surface area contributed by atoms with E-state index >= 15 is 0 Å². The zero-order chi connectivity index (χ0) is 18.8. The molecule has 1 aromatic heterocycles. The normalized spacial score (nSPS) is 16.0. The zero-order valence-electron chi connectivity index (χ0n) is 15.9. The molecule has 0 spiro atoms. The highest BCUT2D eigenvalue weighted by atomic mass is 16.1. The van der Waals surface area contributed by atoms with Crippen LogP contribution in [0.5, 0.6) is 0 Å². The summed E-state index contributed by atoms with van der Waals surface area (Å²) in [5.74, 6) is 0.00450. The molecule has 4 nitrogen and oxygen atoms in total. The molecule has 138 valence electrons. The van der Waals surface area contributed by atoms with Crippen LogP contribution in [0, 0.1) is 13.8 Å². The van der Waals surface area contributed by atoms with Crippen molar-refractivity contribution in [2.45, 2.75) is 45.7 Å². The van der Waals surface area contributed by atoms with Gasteiger partial charge in [-0.1, -0.05) is 42.5 Å². The van der Waals surface area contributed by atoms with Gasteiger partial charge < -0.3 is 5.32 Å². The number of fused-ring (bicyclic) bond motifs is 1.